The van der Waals surface area contributed by atoms with Crippen LogP contribution in [0, 0.1) is 0 Å². The van der Waals surface area contributed by atoms with Crippen molar-refractivity contribution in [1.82, 2.24) is 5.32 Å². The van der Waals surface area contributed by atoms with Gasteiger partial charge in [0.2, 0.25) is 0 Å². The number of benzene rings is 5. The van der Waals surface area contributed by atoms with Gasteiger partial charge in [-0.05, 0) is 0 Å². The first-order valence-corrected chi connectivity index (χ1v) is 26.2. The van der Waals surface area contributed by atoms with Crippen molar-refractivity contribution in [3.05, 3.63) is 163 Å². The Labute approximate surface area is 342 Å². The minimum absolute atomic E-state index is 0.169. The van der Waals surface area contributed by atoms with Crippen LogP contribution in [0.1, 0.15) is 77.3 Å². The fraction of sp³-hybridized carbons (Fsp3) is 0.385. The van der Waals surface area contributed by atoms with Gasteiger partial charge in [0.15, 0.2) is 0 Å². The Balaban J connectivity index is 1.26. The Kier molecular flexibility index (Phi) is 13.9. The molecule has 4 heteroatoms. The van der Waals surface area contributed by atoms with E-state index < -0.39 is 14.5 Å². The van der Waals surface area contributed by atoms with Crippen molar-refractivity contribution < 1.29 is 4.48 Å². The molecule has 6 rings (SSSR count). The molecule has 1 saturated heterocycles. The number of rotatable bonds is 18. The van der Waals surface area contributed by atoms with Crippen LogP contribution in [0.3, 0.4) is 0 Å². The molecule has 5 aromatic rings. The van der Waals surface area contributed by atoms with Crippen LogP contribution in [0.15, 0.2) is 152 Å². The van der Waals surface area contributed by atoms with E-state index >= 15 is 0 Å². The molecule has 0 bridgehead atoms. The second-order valence-corrected chi connectivity index (χ2v) is 27.4. The molecule has 0 spiro atoms. The first-order valence-electron chi connectivity index (χ1n) is 21.4. The Morgan fingerprint density at radius 1 is 0.554 bits per heavy atom. The number of piperidine rings is 1. The number of unbranched alkanes of at least 4 members (excludes halogenated alkanes) is 2. The third-order valence-corrected chi connectivity index (χ3v) is 23.6. The molecule has 5 aromatic carbocycles. The molecule has 0 radical (unpaired) electrons. The maximum atomic E-state index is 4.02. The summed E-state index contributed by atoms with van der Waals surface area (Å²) < 4.78 is 1.11. The molecule has 1 aliphatic heterocycles. The van der Waals surface area contributed by atoms with Gasteiger partial charge >= 0.3 is 344 Å². The zero-order chi connectivity index (χ0) is 39.7. The maximum absolute atomic E-state index is 4.02. The van der Waals surface area contributed by atoms with E-state index in [0.29, 0.717) is 6.04 Å². The number of nitrogens with zero attached hydrogens (tertiary/aromatic N) is 1. The van der Waals surface area contributed by atoms with Gasteiger partial charge in [0.1, 0.15) is 0 Å². The second kappa shape index (κ2) is 18.5. The third kappa shape index (κ3) is 10.4. The van der Waals surface area contributed by atoms with Crippen LogP contribution in [0.2, 0.25) is 0 Å². The molecular weight excluding hydrogens is 715 g/mol. The summed E-state index contributed by atoms with van der Waals surface area (Å²) in [5.74, 6) is 0. The predicted molar refractivity (Wildman–Crippen MR) is 256 cm³/mol. The average Bonchev–Trinajstić information content (AvgIpc) is 3.20. The topological polar surface area (TPSA) is 12.0 Å². The molecule has 298 valence electrons. The zero-order valence-corrected chi connectivity index (χ0v) is 37.4. The van der Waals surface area contributed by atoms with Gasteiger partial charge in [-0.2, -0.15) is 0 Å². The van der Waals surface area contributed by atoms with E-state index in [1.807, 2.05) is 6.08 Å². The first kappa shape index (κ1) is 42.2. The summed E-state index contributed by atoms with van der Waals surface area (Å²) >= 11 is 0. The van der Waals surface area contributed by atoms with Crippen molar-refractivity contribution in [2.75, 3.05) is 39.1 Å². The van der Waals surface area contributed by atoms with Crippen molar-refractivity contribution in [3.63, 3.8) is 0 Å². The summed E-state index contributed by atoms with van der Waals surface area (Å²) in [4.78, 5) is 0. The average molecular weight is 786 g/mol. The van der Waals surface area contributed by atoms with E-state index in [2.05, 4.69) is 199 Å². The van der Waals surface area contributed by atoms with Crippen molar-refractivity contribution >= 4 is 41.8 Å². The van der Waals surface area contributed by atoms with Crippen molar-refractivity contribution in [3.8, 4) is 0 Å². The molecule has 1 heterocycles. The Morgan fingerprint density at radius 3 is 1.34 bits per heavy atom. The van der Waals surface area contributed by atoms with Crippen molar-refractivity contribution in [2.45, 2.75) is 89.5 Å². The summed E-state index contributed by atoms with van der Waals surface area (Å²) in [7, 11) is 0.752. The van der Waals surface area contributed by atoms with Crippen LogP contribution >= 0.6 is 14.5 Å². The predicted octanol–water partition coefficient (Wildman–Crippen LogP) is 10.6. The van der Waals surface area contributed by atoms with Crippen LogP contribution < -0.4 is 26.5 Å². The molecule has 56 heavy (non-hydrogen) atoms. The summed E-state index contributed by atoms with van der Waals surface area (Å²) in [6, 6.07) is 56.4. The number of hydrogen-bond donors (Lipinski definition) is 1. The summed E-state index contributed by atoms with van der Waals surface area (Å²) in [5, 5.41) is 10.2. The van der Waals surface area contributed by atoms with Gasteiger partial charge in [0.05, 0.1) is 0 Å². The molecular formula is C52H71N2P2+. The van der Waals surface area contributed by atoms with E-state index in [1.165, 1.54) is 74.7 Å². The number of hydrogen-bond acceptors (Lipinski definition) is 1. The van der Waals surface area contributed by atoms with Gasteiger partial charge in [0.25, 0.3) is 0 Å². The molecule has 1 N–H and O–H groups in total. The molecule has 0 aromatic heterocycles. The Bertz CT molecular complexity index is 1840. The van der Waals surface area contributed by atoms with E-state index in [1.54, 1.807) is 21.2 Å². The van der Waals surface area contributed by atoms with E-state index in [4.69, 9.17) is 0 Å². The zero-order valence-electron chi connectivity index (χ0n) is 35.4. The van der Waals surface area contributed by atoms with E-state index in [0.717, 1.165) is 10.6 Å². The van der Waals surface area contributed by atoms with Crippen LogP contribution in [0.25, 0.3) is 6.08 Å². The van der Waals surface area contributed by atoms with E-state index in [9.17, 15) is 0 Å². The minimum atomic E-state index is -2.18. The second-order valence-electron chi connectivity index (χ2n) is 18.9. The van der Waals surface area contributed by atoms with Gasteiger partial charge in [-0.25, -0.2) is 0 Å². The summed E-state index contributed by atoms with van der Waals surface area (Å²) in [6.45, 7) is 14.8. The molecule has 0 amide bonds. The van der Waals surface area contributed by atoms with E-state index in [-0.39, 0.29) is 11.1 Å². The first-order chi connectivity index (χ1) is 26.9. The fourth-order valence-electron chi connectivity index (χ4n) is 10.5. The van der Waals surface area contributed by atoms with Gasteiger partial charge in [-0.3, -0.25) is 0 Å². The third-order valence-electron chi connectivity index (χ3n) is 13.2. The molecule has 2 nitrogen and oxygen atoms in total. The fourth-order valence-corrected chi connectivity index (χ4v) is 20.6. The van der Waals surface area contributed by atoms with Crippen LogP contribution in [0.5, 0.6) is 0 Å². The SMILES string of the molecule is C=Cc1ccc(C[PH](CCCC[PH](CCCC[N+](C)(C)C2CC(C)(C)NC(C)(C)C2)(c2ccccc2)c2ccccc2)(c2ccccc2)c2ccccc2)cc1. The van der Waals surface area contributed by atoms with Gasteiger partial charge in [-0.1, -0.05) is 0 Å². The summed E-state index contributed by atoms with van der Waals surface area (Å²) in [6.07, 6.45) is 14.4. The van der Waals surface area contributed by atoms with Crippen LogP contribution in [-0.4, -0.2) is 60.7 Å². The number of nitrogens with one attached hydrogen (secondary N) is 1. The standard InChI is InChI=1S/C52H71N2P2/c1-8-44-33-35-45(36-34-44)43-56(49-29-17-11-18-30-49,50-31-19-12-20-32-50)40-24-23-39-55(47-25-13-9-14-26-47,48-27-15-10-16-28-48)38-22-21-37-54(6,7)46-41-51(2,3)53-52(4,5)42-46/h8-20,25-36,46,53,55-56H,1,21-24,37-43H2,2-7H3/q+1. The molecule has 0 aliphatic carbocycles. The monoisotopic (exact) mass is 786 g/mol. The van der Waals surface area contributed by atoms with Gasteiger partial charge < -0.3 is 0 Å². The normalized spacial score (nSPS) is 16.6. The molecule has 1 fully saturated rings. The van der Waals surface area contributed by atoms with Crippen molar-refractivity contribution in [2.24, 2.45) is 0 Å². The Morgan fingerprint density at radius 2 is 0.929 bits per heavy atom. The molecule has 1 aliphatic rings. The Hall–Kier alpha value is -3.38. The van der Waals surface area contributed by atoms with Crippen LogP contribution in [0.4, 0.5) is 0 Å². The van der Waals surface area contributed by atoms with Gasteiger partial charge in [0, 0.05) is 0 Å². The molecule has 0 atom stereocenters. The summed E-state index contributed by atoms with van der Waals surface area (Å²) in [5.41, 5.74) is 2.96. The number of quaternary nitrogens is 1. The van der Waals surface area contributed by atoms with Crippen LogP contribution in [-0.2, 0) is 6.16 Å². The van der Waals surface area contributed by atoms with Gasteiger partial charge in [-0.15, -0.1) is 0 Å². The molecule has 0 unspecified atom stereocenters. The van der Waals surface area contributed by atoms with Crippen molar-refractivity contribution in [1.29, 1.82) is 0 Å². The quantitative estimate of drug-likeness (QED) is 0.0530. The molecule has 0 saturated carbocycles.